The van der Waals surface area contributed by atoms with Crippen LogP contribution >= 0.6 is 0 Å². The molecule has 0 bridgehead atoms. The van der Waals surface area contributed by atoms with Crippen molar-refractivity contribution in [3.05, 3.63) is 59.7 Å². The lowest BCUT2D eigenvalue weighted by Gasteiger charge is -2.06. The zero-order valence-corrected chi connectivity index (χ0v) is 12.2. The average Bonchev–Trinajstić information content (AvgIpc) is 2.48. The number of benzene rings is 2. The molecule has 5 nitrogen and oxygen atoms in total. The summed E-state index contributed by atoms with van der Waals surface area (Å²) in [6.07, 6.45) is 0. The molecule has 0 saturated heterocycles. The van der Waals surface area contributed by atoms with Crippen LogP contribution < -0.4 is 9.47 Å². The largest absolute Gasteiger partial charge is 0.427 e. The molecule has 0 aliphatic heterocycles. The summed E-state index contributed by atoms with van der Waals surface area (Å²) in [5.74, 6) is -0.321. The number of Topliss-reactive ketones (excluding diaryl/α,β-unsaturated/α-hetero) is 1. The number of rotatable bonds is 4. The van der Waals surface area contributed by atoms with Crippen molar-refractivity contribution in [3.63, 3.8) is 0 Å². The van der Waals surface area contributed by atoms with Gasteiger partial charge >= 0.3 is 11.9 Å². The molecule has 112 valence electrons. The zero-order chi connectivity index (χ0) is 16.1. The van der Waals surface area contributed by atoms with Gasteiger partial charge in [-0.05, 0) is 55.5 Å². The fraction of sp³-hybridized carbons (Fsp3) is 0.118. The molecule has 2 rings (SSSR count). The molecule has 0 aromatic heterocycles. The van der Waals surface area contributed by atoms with E-state index in [2.05, 4.69) is 0 Å². The Labute approximate surface area is 127 Å². The minimum atomic E-state index is -0.537. The van der Waals surface area contributed by atoms with Crippen LogP contribution in [-0.2, 0) is 4.79 Å². The fourth-order valence-electron chi connectivity index (χ4n) is 1.75. The van der Waals surface area contributed by atoms with Crippen LogP contribution in [0.2, 0.25) is 0 Å². The smallest absolute Gasteiger partial charge is 0.343 e. The minimum Gasteiger partial charge on any atom is -0.427 e. The van der Waals surface area contributed by atoms with E-state index in [-0.39, 0.29) is 5.78 Å². The first-order chi connectivity index (χ1) is 10.5. The Balaban J connectivity index is 2.05. The molecule has 0 fully saturated rings. The summed E-state index contributed by atoms with van der Waals surface area (Å²) in [7, 11) is 0. The molecule has 5 heteroatoms. The number of ketones is 1. The summed E-state index contributed by atoms with van der Waals surface area (Å²) in [5, 5.41) is 0. The number of ether oxygens (including phenoxy) is 2. The van der Waals surface area contributed by atoms with Crippen LogP contribution in [0.1, 0.15) is 34.6 Å². The topological polar surface area (TPSA) is 69.7 Å². The number of carbonyl (C=O) groups is 3. The van der Waals surface area contributed by atoms with E-state index in [1.165, 1.54) is 38.1 Å². The van der Waals surface area contributed by atoms with Crippen molar-refractivity contribution in [2.24, 2.45) is 0 Å². The third-order valence-electron chi connectivity index (χ3n) is 2.82. The highest BCUT2D eigenvalue weighted by Gasteiger charge is 2.09. The van der Waals surface area contributed by atoms with Gasteiger partial charge in [-0.15, -0.1) is 0 Å². The van der Waals surface area contributed by atoms with Gasteiger partial charge in [-0.1, -0.05) is 0 Å². The van der Waals surface area contributed by atoms with Gasteiger partial charge < -0.3 is 9.47 Å². The van der Waals surface area contributed by atoms with E-state index in [4.69, 9.17) is 9.47 Å². The predicted octanol–water partition coefficient (Wildman–Crippen LogP) is 3.03. The normalized spacial score (nSPS) is 9.91. The minimum absolute atomic E-state index is 0.0565. The first kappa shape index (κ1) is 15.4. The number of carbonyl (C=O) groups excluding carboxylic acids is 3. The second-order valence-electron chi connectivity index (χ2n) is 4.59. The van der Waals surface area contributed by atoms with E-state index in [1.54, 1.807) is 24.3 Å². The Bertz CT molecular complexity index is 699. The second kappa shape index (κ2) is 6.67. The van der Waals surface area contributed by atoms with Gasteiger partial charge in [0.2, 0.25) is 0 Å². The van der Waals surface area contributed by atoms with Crippen molar-refractivity contribution >= 4 is 17.7 Å². The summed E-state index contributed by atoms with van der Waals surface area (Å²) >= 11 is 0. The molecule has 0 aliphatic rings. The number of hydrogen-bond donors (Lipinski definition) is 0. The Morgan fingerprint density at radius 2 is 1.14 bits per heavy atom. The second-order valence-corrected chi connectivity index (χ2v) is 4.59. The Kier molecular flexibility index (Phi) is 4.68. The van der Waals surface area contributed by atoms with Gasteiger partial charge in [0.15, 0.2) is 5.78 Å². The Morgan fingerprint density at radius 1 is 0.682 bits per heavy atom. The van der Waals surface area contributed by atoms with Crippen molar-refractivity contribution in [1.82, 2.24) is 0 Å². The first-order valence-corrected chi connectivity index (χ1v) is 6.57. The van der Waals surface area contributed by atoms with E-state index in [9.17, 15) is 14.4 Å². The van der Waals surface area contributed by atoms with Gasteiger partial charge in [0, 0.05) is 12.5 Å². The lowest BCUT2D eigenvalue weighted by atomic mass is 10.1. The summed E-state index contributed by atoms with van der Waals surface area (Å²) < 4.78 is 10.1. The molecule has 0 heterocycles. The van der Waals surface area contributed by atoms with Crippen molar-refractivity contribution in [2.75, 3.05) is 0 Å². The first-order valence-electron chi connectivity index (χ1n) is 6.57. The lowest BCUT2D eigenvalue weighted by Crippen LogP contribution is -2.09. The van der Waals surface area contributed by atoms with Crippen LogP contribution in [-0.4, -0.2) is 17.7 Å². The van der Waals surface area contributed by atoms with Crippen molar-refractivity contribution < 1.29 is 23.9 Å². The molecule has 0 spiro atoms. The predicted molar refractivity (Wildman–Crippen MR) is 79.2 cm³/mol. The highest BCUT2D eigenvalue weighted by Crippen LogP contribution is 2.17. The molecule has 22 heavy (non-hydrogen) atoms. The lowest BCUT2D eigenvalue weighted by molar-refractivity contribution is -0.131. The Morgan fingerprint density at radius 3 is 1.59 bits per heavy atom. The summed E-state index contributed by atoms with van der Waals surface area (Å²) in [4.78, 5) is 33.9. The van der Waals surface area contributed by atoms with Crippen LogP contribution in [0.25, 0.3) is 0 Å². The standard InChI is InChI=1S/C17H14O5/c1-11(18)13-3-7-16(8-4-13)22-17(20)14-5-9-15(10-6-14)21-12(2)19/h3-10H,1-2H3. The van der Waals surface area contributed by atoms with Crippen LogP contribution in [0.15, 0.2) is 48.5 Å². The van der Waals surface area contributed by atoms with E-state index in [0.29, 0.717) is 22.6 Å². The molecule has 2 aromatic rings. The molecular formula is C17H14O5. The summed E-state index contributed by atoms with van der Waals surface area (Å²) in [5.41, 5.74) is 0.872. The maximum atomic E-state index is 12.0. The summed E-state index contributed by atoms with van der Waals surface area (Å²) in [6.45, 7) is 2.76. The van der Waals surface area contributed by atoms with Crippen LogP contribution in [0.5, 0.6) is 11.5 Å². The third-order valence-corrected chi connectivity index (χ3v) is 2.82. The van der Waals surface area contributed by atoms with Crippen molar-refractivity contribution in [3.8, 4) is 11.5 Å². The van der Waals surface area contributed by atoms with Gasteiger partial charge in [-0.2, -0.15) is 0 Å². The molecule has 0 atom stereocenters. The molecule has 0 N–H and O–H groups in total. The zero-order valence-electron chi connectivity index (χ0n) is 12.2. The molecule has 0 aliphatic carbocycles. The molecule has 0 unspecified atom stereocenters. The molecule has 0 saturated carbocycles. The fourth-order valence-corrected chi connectivity index (χ4v) is 1.75. The average molecular weight is 298 g/mol. The highest BCUT2D eigenvalue weighted by atomic mass is 16.5. The van der Waals surface area contributed by atoms with E-state index in [1.807, 2.05) is 0 Å². The van der Waals surface area contributed by atoms with Crippen molar-refractivity contribution in [2.45, 2.75) is 13.8 Å². The quantitative estimate of drug-likeness (QED) is 0.493. The van der Waals surface area contributed by atoms with Gasteiger partial charge in [-0.3, -0.25) is 9.59 Å². The molecule has 2 aromatic carbocycles. The molecule has 0 amide bonds. The van der Waals surface area contributed by atoms with E-state index >= 15 is 0 Å². The van der Waals surface area contributed by atoms with Crippen LogP contribution in [0, 0.1) is 0 Å². The van der Waals surface area contributed by atoms with Gasteiger partial charge in [0.25, 0.3) is 0 Å². The van der Waals surface area contributed by atoms with Crippen molar-refractivity contribution in [1.29, 1.82) is 0 Å². The van der Waals surface area contributed by atoms with Gasteiger partial charge in [0.1, 0.15) is 11.5 Å². The highest BCUT2D eigenvalue weighted by molar-refractivity contribution is 5.94. The monoisotopic (exact) mass is 298 g/mol. The Hall–Kier alpha value is -2.95. The SMILES string of the molecule is CC(=O)Oc1ccc(C(=O)Oc2ccc(C(C)=O)cc2)cc1. The van der Waals surface area contributed by atoms with Gasteiger partial charge in [-0.25, -0.2) is 4.79 Å². The maximum absolute atomic E-state index is 12.0. The third kappa shape index (κ3) is 4.02. The van der Waals surface area contributed by atoms with Crippen LogP contribution in [0.4, 0.5) is 0 Å². The van der Waals surface area contributed by atoms with E-state index < -0.39 is 11.9 Å². The maximum Gasteiger partial charge on any atom is 0.343 e. The van der Waals surface area contributed by atoms with Crippen LogP contribution in [0.3, 0.4) is 0 Å². The molecular weight excluding hydrogens is 284 g/mol. The number of hydrogen-bond acceptors (Lipinski definition) is 5. The van der Waals surface area contributed by atoms with Gasteiger partial charge in [0.05, 0.1) is 5.56 Å². The number of esters is 2. The van der Waals surface area contributed by atoms with E-state index in [0.717, 1.165) is 0 Å². The summed E-state index contributed by atoms with van der Waals surface area (Å²) in [6, 6.07) is 12.3. The molecule has 0 radical (unpaired) electrons.